The summed E-state index contributed by atoms with van der Waals surface area (Å²) >= 11 is 0. The van der Waals surface area contributed by atoms with Gasteiger partial charge >= 0.3 is 0 Å². The van der Waals surface area contributed by atoms with Crippen LogP contribution in [0, 0.1) is 30.0 Å². The highest BCUT2D eigenvalue weighted by Gasteiger charge is 2.55. The van der Waals surface area contributed by atoms with E-state index in [0.717, 1.165) is 0 Å². The van der Waals surface area contributed by atoms with E-state index in [-0.39, 0.29) is 18.3 Å². The summed E-state index contributed by atoms with van der Waals surface area (Å²) in [6, 6.07) is 7.05. The molecule has 1 aromatic rings. The number of nitrogens with zero attached hydrogens (tertiary/aromatic N) is 1. The van der Waals surface area contributed by atoms with E-state index in [0.29, 0.717) is 17.5 Å². The number of rotatable bonds is 2. The van der Waals surface area contributed by atoms with Crippen LogP contribution in [0.2, 0.25) is 0 Å². The van der Waals surface area contributed by atoms with E-state index in [2.05, 4.69) is 6.07 Å². The Balaban J connectivity index is 2.39. The average molecular weight is 205 g/mol. The van der Waals surface area contributed by atoms with Crippen molar-refractivity contribution < 1.29 is 9.50 Å². The highest BCUT2D eigenvalue weighted by Crippen LogP contribution is 2.53. The molecule has 0 amide bonds. The summed E-state index contributed by atoms with van der Waals surface area (Å²) in [7, 11) is 0. The van der Waals surface area contributed by atoms with Gasteiger partial charge < -0.3 is 5.11 Å². The molecule has 0 spiro atoms. The van der Waals surface area contributed by atoms with Crippen molar-refractivity contribution in [3.05, 3.63) is 35.1 Å². The van der Waals surface area contributed by atoms with E-state index in [9.17, 15) is 4.39 Å². The monoisotopic (exact) mass is 205 g/mol. The van der Waals surface area contributed by atoms with Gasteiger partial charge in [-0.1, -0.05) is 12.1 Å². The number of hydrogen-bond donors (Lipinski definition) is 1. The van der Waals surface area contributed by atoms with E-state index < -0.39 is 5.41 Å². The van der Waals surface area contributed by atoms with E-state index in [1.54, 1.807) is 19.1 Å². The fraction of sp³-hybridized carbons (Fsp3) is 0.417. The summed E-state index contributed by atoms with van der Waals surface area (Å²) in [6.07, 6.45) is 0.627. The Morgan fingerprint density at radius 1 is 1.67 bits per heavy atom. The molecule has 1 unspecified atom stereocenters. The van der Waals surface area contributed by atoms with Crippen LogP contribution in [0.15, 0.2) is 18.2 Å². The zero-order valence-electron chi connectivity index (χ0n) is 8.50. The number of benzene rings is 1. The van der Waals surface area contributed by atoms with Gasteiger partial charge in [-0.3, -0.25) is 0 Å². The smallest absolute Gasteiger partial charge is 0.126 e. The summed E-state index contributed by atoms with van der Waals surface area (Å²) < 4.78 is 13.3. The molecule has 0 aliphatic heterocycles. The Morgan fingerprint density at radius 3 is 2.87 bits per heavy atom. The molecule has 1 aromatic carbocycles. The van der Waals surface area contributed by atoms with Gasteiger partial charge in [-0.2, -0.15) is 5.26 Å². The molecule has 0 aromatic heterocycles. The molecule has 78 valence electrons. The first-order chi connectivity index (χ1) is 7.14. The maximum absolute atomic E-state index is 13.3. The first-order valence-corrected chi connectivity index (χ1v) is 4.93. The molecular weight excluding hydrogens is 193 g/mol. The minimum absolute atomic E-state index is 0.0109. The number of aryl methyl sites for hydroxylation is 1. The third-order valence-corrected chi connectivity index (χ3v) is 3.21. The highest BCUT2D eigenvalue weighted by molar-refractivity contribution is 5.42. The predicted octanol–water partition coefficient (Wildman–Crippen LogP) is 1.91. The molecule has 15 heavy (non-hydrogen) atoms. The summed E-state index contributed by atoms with van der Waals surface area (Å²) in [5.74, 6) is -0.324. The largest absolute Gasteiger partial charge is 0.396 e. The van der Waals surface area contributed by atoms with Crippen molar-refractivity contribution in [3.8, 4) is 6.07 Å². The van der Waals surface area contributed by atoms with Crippen LogP contribution in [-0.2, 0) is 5.41 Å². The number of aliphatic hydroxyl groups excluding tert-OH is 1. The van der Waals surface area contributed by atoms with Crippen LogP contribution >= 0.6 is 0 Å². The van der Waals surface area contributed by atoms with Gasteiger partial charge in [0.15, 0.2) is 0 Å². The van der Waals surface area contributed by atoms with Crippen LogP contribution in [0.3, 0.4) is 0 Å². The number of nitriles is 1. The maximum atomic E-state index is 13.3. The molecule has 1 N–H and O–H groups in total. The fourth-order valence-corrected chi connectivity index (χ4v) is 1.98. The van der Waals surface area contributed by atoms with Crippen LogP contribution < -0.4 is 0 Å². The fourth-order valence-electron chi connectivity index (χ4n) is 1.98. The Morgan fingerprint density at radius 2 is 2.40 bits per heavy atom. The number of halogens is 1. The summed E-state index contributed by atoms with van der Waals surface area (Å²) in [6.45, 7) is 1.68. The predicted molar refractivity (Wildman–Crippen MR) is 53.6 cm³/mol. The van der Waals surface area contributed by atoms with E-state index >= 15 is 0 Å². The minimum atomic E-state index is -0.650. The zero-order valence-corrected chi connectivity index (χ0v) is 8.50. The van der Waals surface area contributed by atoms with Crippen LogP contribution in [-0.4, -0.2) is 11.7 Å². The molecule has 2 rings (SSSR count). The lowest BCUT2D eigenvalue weighted by Gasteiger charge is -2.09. The molecule has 0 radical (unpaired) electrons. The van der Waals surface area contributed by atoms with Gasteiger partial charge in [0.1, 0.15) is 5.82 Å². The normalized spacial score (nSPS) is 28.5. The van der Waals surface area contributed by atoms with Crippen LogP contribution in [0.4, 0.5) is 4.39 Å². The molecule has 1 saturated carbocycles. The van der Waals surface area contributed by atoms with Crippen LogP contribution in [0.25, 0.3) is 0 Å². The Bertz CT molecular complexity index is 438. The van der Waals surface area contributed by atoms with Gasteiger partial charge in [0, 0.05) is 12.5 Å². The molecule has 2 nitrogen and oxygen atoms in total. The van der Waals surface area contributed by atoms with Gasteiger partial charge in [0.25, 0.3) is 0 Å². The zero-order chi connectivity index (χ0) is 11.1. The molecule has 2 atom stereocenters. The van der Waals surface area contributed by atoms with Crippen LogP contribution in [0.5, 0.6) is 0 Å². The third kappa shape index (κ3) is 1.42. The Kier molecular flexibility index (Phi) is 2.24. The molecule has 0 saturated heterocycles. The van der Waals surface area contributed by atoms with Crippen molar-refractivity contribution in [3.63, 3.8) is 0 Å². The molecule has 0 heterocycles. The lowest BCUT2D eigenvalue weighted by atomic mass is 9.94. The van der Waals surface area contributed by atoms with Crippen molar-refractivity contribution in [2.45, 2.75) is 18.8 Å². The lowest BCUT2D eigenvalue weighted by molar-refractivity contribution is 0.269. The van der Waals surface area contributed by atoms with E-state index in [4.69, 9.17) is 10.4 Å². The van der Waals surface area contributed by atoms with Gasteiger partial charge in [0.2, 0.25) is 0 Å². The second kappa shape index (κ2) is 3.32. The minimum Gasteiger partial charge on any atom is -0.396 e. The molecule has 0 bridgehead atoms. The van der Waals surface area contributed by atoms with Gasteiger partial charge in [0.05, 0.1) is 11.5 Å². The van der Waals surface area contributed by atoms with E-state index in [1.165, 1.54) is 6.07 Å². The molecular formula is C12H12FNO. The van der Waals surface area contributed by atoms with Gasteiger partial charge in [-0.05, 0) is 30.5 Å². The Labute approximate surface area is 88.0 Å². The standard InChI is InChI=1S/C12H12FNO/c1-8-2-3-9(4-11(8)13)12(7-14)5-10(12)6-15/h2-4,10,15H,5-6H2,1H3/t10-,12?/m1/s1. The van der Waals surface area contributed by atoms with Gasteiger partial charge in [-0.15, -0.1) is 0 Å². The van der Waals surface area contributed by atoms with Crippen molar-refractivity contribution in [2.75, 3.05) is 6.61 Å². The third-order valence-electron chi connectivity index (χ3n) is 3.21. The lowest BCUT2D eigenvalue weighted by Crippen LogP contribution is -2.09. The quantitative estimate of drug-likeness (QED) is 0.801. The van der Waals surface area contributed by atoms with Crippen LogP contribution in [0.1, 0.15) is 17.5 Å². The van der Waals surface area contributed by atoms with Gasteiger partial charge in [-0.25, -0.2) is 4.39 Å². The maximum Gasteiger partial charge on any atom is 0.126 e. The van der Waals surface area contributed by atoms with Crippen molar-refractivity contribution >= 4 is 0 Å². The van der Waals surface area contributed by atoms with Crippen molar-refractivity contribution in [2.24, 2.45) is 5.92 Å². The highest BCUT2D eigenvalue weighted by atomic mass is 19.1. The molecule has 3 heteroatoms. The first-order valence-electron chi connectivity index (χ1n) is 4.93. The van der Waals surface area contributed by atoms with Crippen molar-refractivity contribution in [1.82, 2.24) is 0 Å². The average Bonchev–Trinajstić information content (AvgIpc) is 2.97. The number of aliphatic hydroxyl groups is 1. The first kappa shape index (κ1) is 10.1. The summed E-state index contributed by atoms with van der Waals surface area (Å²) in [4.78, 5) is 0. The molecule has 1 aliphatic rings. The Hall–Kier alpha value is -1.40. The molecule has 1 fully saturated rings. The summed E-state index contributed by atoms with van der Waals surface area (Å²) in [5.41, 5.74) is 0.615. The SMILES string of the molecule is Cc1ccc(C2(C#N)C[C@@H]2CO)cc1F. The van der Waals surface area contributed by atoms with E-state index in [1.807, 2.05) is 0 Å². The number of hydrogen-bond acceptors (Lipinski definition) is 2. The second-order valence-corrected chi connectivity index (χ2v) is 4.13. The topological polar surface area (TPSA) is 44.0 Å². The second-order valence-electron chi connectivity index (χ2n) is 4.13. The molecule has 1 aliphatic carbocycles. The summed E-state index contributed by atoms with van der Waals surface area (Å²) in [5, 5.41) is 18.1. The van der Waals surface area contributed by atoms with Crippen molar-refractivity contribution in [1.29, 1.82) is 5.26 Å².